The summed E-state index contributed by atoms with van der Waals surface area (Å²) in [5.74, 6) is 0.881. The fraction of sp³-hybridized carbons (Fsp3) is 0.391. The highest BCUT2D eigenvalue weighted by molar-refractivity contribution is 8.00. The van der Waals surface area contributed by atoms with Crippen LogP contribution in [0.2, 0.25) is 0 Å². The van der Waals surface area contributed by atoms with Gasteiger partial charge in [-0.25, -0.2) is 0 Å². The van der Waals surface area contributed by atoms with Crippen LogP contribution in [0.3, 0.4) is 0 Å². The maximum atomic E-state index is 13.4. The van der Waals surface area contributed by atoms with Crippen LogP contribution in [0.5, 0.6) is 0 Å². The lowest BCUT2D eigenvalue weighted by Gasteiger charge is -2.37. The number of hydrogen-bond acceptors (Lipinski definition) is 5. The molecule has 0 bridgehead atoms. The number of carbonyl (C=O) groups excluding carboxylic acids is 1. The summed E-state index contributed by atoms with van der Waals surface area (Å²) in [5.41, 5.74) is 1.79. The van der Waals surface area contributed by atoms with Crippen molar-refractivity contribution in [3.8, 4) is 11.4 Å². The molecule has 2 aromatic heterocycles. The van der Waals surface area contributed by atoms with E-state index in [1.165, 1.54) is 11.8 Å². The lowest BCUT2D eigenvalue weighted by molar-refractivity contribution is -0.135. The summed E-state index contributed by atoms with van der Waals surface area (Å²) in [6, 6.07) is 13.9. The molecule has 6 nitrogen and oxygen atoms in total. The zero-order valence-corrected chi connectivity index (χ0v) is 19.1. The molecule has 1 atom stereocenters. The van der Waals surface area contributed by atoms with Crippen molar-refractivity contribution in [2.45, 2.75) is 63.7 Å². The molecule has 1 amide bonds. The quantitative estimate of drug-likeness (QED) is 0.517. The maximum Gasteiger partial charge on any atom is 0.236 e. The second-order valence-corrected chi connectivity index (χ2v) is 9.44. The predicted octanol–water partition coefficient (Wildman–Crippen LogP) is 4.67. The van der Waals surface area contributed by atoms with Gasteiger partial charge in [-0.15, -0.1) is 10.2 Å². The Morgan fingerprint density at radius 2 is 1.77 bits per heavy atom. The predicted molar refractivity (Wildman–Crippen MR) is 121 cm³/mol. The van der Waals surface area contributed by atoms with Crippen molar-refractivity contribution in [1.29, 1.82) is 0 Å². The summed E-state index contributed by atoms with van der Waals surface area (Å²) in [6.07, 6.45) is 3.49. The minimum Gasteiger partial charge on any atom is -0.333 e. The van der Waals surface area contributed by atoms with Gasteiger partial charge in [0.1, 0.15) is 0 Å². The summed E-state index contributed by atoms with van der Waals surface area (Å²) in [7, 11) is 0. The number of pyridine rings is 1. The Morgan fingerprint density at radius 1 is 1.10 bits per heavy atom. The van der Waals surface area contributed by atoms with Crippen molar-refractivity contribution < 1.29 is 4.79 Å². The van der Waals surface area contributed by atoms with E-state index >= 15 is 0 Å². The largest absolute Gasteiger partial charge is 0.333 e. The number of carbonyl (C=O) groups is 1. The Kier molecular flexibility index (Phi) is 6.92. The molecule has 158 valence electrons. The van der Waals surface area contributed by atoms with Gasteiger partial charge in [-0.05, 0) is 52.3 Å². The van der Waals surface area contributed by atoms with Crippen molar-refractivity contribution in [3.63, 3.8) is 0 Å². The molecule has 0 spiro atoms. The van der Waals surface area contributed by atoms with E-state index in [0.29, 0.717) is 6.54 Å². The SMILES string of the molecule is CCn1c(S[C@@H](C)C(=O)N(Cc2ccccc2)C(C)(C)C)nnc1-c1ccncc1. The minimum absolute atomic E-state index is 0.0902. The average molecular weight is 424 g/mol. The maximum absolute atomic E-state index is 13.4. The molecule has 7 heteroatoms. The third-order valence-corrected chi connectivity index (χ3v) is 5.93. The van der Waals surface area contributed by atoms with E-state index < -0.39 is 0 Å². The van der Waals surface area contributed by atoms with Gasteiger partial charge in [0.2, 0.25) is 5.91 Å². The van der Waals surface area contributed by atoms with Crippen molar-refractivity contribution in [1.82, 2.24) is 24.6 Å². The fourth-order valence-electron chi connectivity index (χ4n) is 3.22. The Labute approximate surface area is 182 Å². The third kappa shape index (κ3) is 5.08. The second kappa shape index (κ2) is 9.43. The lowest BCUT2D eigenvalue weighted by Crippen LogP contribution is -2.48. The fourth-order valence-corrected chi connectivity index (χ4v) is 4.19. The van der Waals surface area contributed by atoms with E-state index in [4.69, 9.17) is 0 Å². The second-order valence-electron chi connectivity index (χ2n) is 8.13. The number of rotatable bonds is 7. The highest BCUT2D eigenvalue weighted by Crippen LogP contribution is 2.29. The summed E-state index contributed by atoms with van der Waals surface area (Å²) < 4.78 is 2.04. The number of benzene rings is 1. The zero-order chi connectivity index (χ0) is 21.7. The summed E-state index contributed by atoms with van der Waals surface area (Å²) in [6.45, 7) is 11.5. The molecular formula is C23H29N5OS. The van der Waals surface area contributed by atoms with Gasteiger partial charge in [0.05, 0.1) is 5.25 Å². The molecule has 0 fully saturated rings. The van der Waals surface area contributed by atoms with Gasteiger partial charge in [-0.3, -0.25) is 9.78 Å². The molecule has 3 rings (SSSR count). The molecule has 0 radical (unpaired) electrons. The Morgan fingerprint density at radius 3 is 2.37 bits per heavy atom. The van der Waals surface area contributed by atoms with Crippen LogP contribution in [0, 0.1) is 0 Å². The van der Waals surface area contributed by atoms with E-state index in [1.807, 2.05) is 46.7 Å². The van der Waals surface area contributed by atoms with Crippen molar-refractivity contribution in [3.05, 3.63) is 60.4 Å². The molecule has 0 unspecified atom stereocenters. The van der Waals surface area contributed by atoms with E-state index in [0.717, 1.165) is 28.7 Å². The van der Waals surface area contributed by atoms with Gasteiger partial charge >= 0.3 is 0 Å². The third-order valence-electron chi connectivity index (χ3n) is 4.86. The molecule has 0 saturated heterocycles. The van der Waals surface area contributed by atoms with Gasteiger partial charge in [-0.1, -0.05) is 42.1 Å². The van der Waals surface area contributed by atoms with E-state index in [2.05, 4.69) is 55.0 Å². The van der Waals surface area contributed by atoms with Crippen LogP contribution < -0.4 is 0 Å². The Bertz CT molecular complexity index is 966. The number of hydrogen-bond donors (Lipinski definition) is 0. The topological polar surface area (TPSA) is 63.9 Å². The highest BCUT2D eigenvalue weighted by Gasteiger charge is 2.31. The van der Waals surface area contributed by atoms with Crippen molar-refractivity contribution in [2.75, 3.05) is 0 Å². The molecule has 0 aliphatic carbocycles. The lowest BCUT2D eigenvalue weighted by atomic mass is 10.0. The Balaban J connectivity index is 1.81. The first-order valence-electron chi connectivity index (χ1n) is 10.2. The number of amides is 1. The van der Waals surface area contributed by atoms with Crippen molar-refractivity contribution in [2.24, 2.45) is 0 Å². The Hall–Kier alpha value is -2.67. The molecule has 0 N–H and O–H groups in total. The highest BCUT2D eigenvalue weighted by atomic mass is 32.2. The van der Waals surface area contributed by atoms with Gasteiger partial charge in [0, 0.05) is 36.6 Å². The van der Waals surface area contributed by atoms with Gasteiger partial charge in [0.25, 0.3) is 0 Å². The van der Waals surface area contributed by atoms with Gasteiger partial charge in [0.15, 0.2) is 11.0 Å². The molecule has 0 saturated carbocycles. The van der Waals surface area contributed by atoms with Crippen LogP contribution in [0.1, 0.15) is 40.2 Å². The monoisotopic (exact) mass is 423 g/mol. The number of aromatic nitrogens is 4. The van der Waals surface area contributed by atoms with E-state index in [1.54, 1.807) is 12.4 Å². The van der Waals surface area contributed by atoms with Crippen molar-refractivity contribution >= 4 is 17.7 Å². The van der Waals surface area contributed by atoms with E-state index in [9.17, 15) is 4.79 Å². The molecule has 0 aliphatic heterocycles. The summed E-state index contributed by atoms with van der Waals surface area (Å²) >= 11 is 1.46. The zero-order valence-electron chi connectivity index (χ0n) is 18.2. The van der Waals surface area contributed by atoms with Crippen LogP contribution >= 0.6 is 11.8 Å². The van der Waals surface area contributed by atoms with Crippen LogP contribution in [0.15, 0.2) is 60.0 Å². The first kappa shape index (κ1) is 22.0. The summed E-state index contributed by atoms with van der Waals surface area (Å²) in [4.78, 5) is 19.4. The van der Waals surface area contributed by atoms with Crippen LogP contribution in [0.25, 0.3) is 11.4 Å². The standard InChI is InChI=1S/C23H29N5OS/c1-6-27-20(19-12-14-24-15-13-19)25-26-22(27)30-17(2)21(29)28(23(3,4)5)16-18-10-8-7-9-11-18/h7-15,17H,6,16H2,1-5H3/t17-/m0/s1. The molecule has 1 aromatic carbocycles. The average Bonchev–Trinajstić information content (AvgIpc) is 3.14. The normalized spacial score (nSPS) is 12.6. The summed E-state index contributed by atoms with van der Waals surface area (Å²) in [5, 5.41) is 9.21. The van der Waals surface area contributed by atoms with E-state index in [-0.39, 0.29) is 16.7 Å². The minimum atomic E-state index is -0.289. The smallest absolute Gasteiger partial charge is 0.236 e. The van der Waals surface area contributed by atoms with Crippen LogP contribution in [0.4, 0.5) is 0 Å². The molecule has 30 heavy (non-hydrogen) atoms. The number of nitrogens with zero attached hydrogens (tertiary/aromatic N) is 5. The van der Waals surface area contributed by atoms with Gasteiger partial charge < -0.3 is 9.47 Å². The first-order chi connectivity index (χ1) is 14.3. The molecule has 2 heterocycles. The molecular weight excluding hydrogens is 394 g/mol. The molecule has 3 aromatic rings. The molecule has 0 aliphatic rings. The first-order valence-corrected chi connectivity index (χ1v) is 11.0. The van der Waals surface area contributed by atoms with Crippen LogP contribution in [-0.4, -0.2) is 41.3 Å². The van der Waals surface area contributed by atoms with Gasteiger partial charge in [-0.2, -0.15) is 0 Å². The number of thioether (sulfide) groups is 1. The van der Waals surface area contributed by atoms with Crippen LogP contribution in [-0.2, 0) is 17.9 Å².